The molecule has 0 amide bonds. The molecule has 84 valence electrons. The number of rotatable bonds is 5. The Kier molecular flexibility index (Phi) is 9.33. The summed E-state index contributed by atoms with van der Waals surface area (Å²) in [7, 11) is 0. The van der Waals surface area contributed by atoms with Gasteiger partial charge in [-0.3, -0.25) is 9.59 Å². The van der Waals surface area contributed by atoms with Crippen molar-refractivity contribution >= 4 is 11.9 Å². The summed E-state index contributed by atoms with van der Waals surface area (Å²) in [6.45, 7) is 5.73. The van der Waals surface area contributed by atoms with Gasteiger partial charge in [0.25, 0.3) is 0 Å². The number of hydrogen-bond acceptors (Lipinski definition) is 5. The summed E-state index contributed by atoms with van der Waals surface area (Å²) in [5.41, 5.74) is 0. The highest BCUT2D eigenvalue weighted by Gasteiger charge is 2.27. The van der Waals surface area contributed by atoms with E-state index in [1.165, 1.54) is 0 Å². The van der Waals surface area contributed by atoms with Gasteiger partial charge in [0.2, 0.25) is 0 Å². The SMILES string of the molecule is CCOC(=O)C(CC)C(=O)OCC.N. The van der Waals surface area contributed by atoms with Gasteiger partial charge >= 0.3 is 11.9 Å². The fourth-order valence-corrected chi connectivity index (χ4v) is 0.915. The van der Waals surface area contributed by atoms with Gasteiger partial charge in [-0.25, -0.2) is 0 Å². The molecule has 3 N–H and O–H groups in total. The average molecular weight is 205 g/mol. The lowest BCUT2D eigenvalue weighted by Gasteiger charge is -2.11. The Morgan fingerprint density at radius 3 is 1.57 bits per heavy atom. The predicted octanol–water partition coefficient (Wildman–Crippen LogP) is 1.30. The van der Waals surface area contributed by atoms with Gasteiger partial charge in [-0.15, -0.1) is 0 Å². The largest absolute Gasteiger partial charge is 0.465 e. The van der Waals surface area contributed by atoms with Crippen LogP contribution in [0, 0.1) is 5.92 Å². The summed E-state index contributed by atoms with van der Waals surface area (Å²) in [4.78, 5) is 22.3. The maximum Gasteiger partial charge on any atom is 0.320 e. The molecule has 0 aliphatic rings. The van der Waals surface area contributed by atoms with Crippen LogP contribution >= 0.6 is 0 Å². The predicted molar refractivity (Wildman–Crippen MR) is 52.1 cm³/mol. The molecule has 5 heteroatoms. The third-order valence-corrected chi connectivity index (χ3v) is 1.55. The molecular formula is C9H19NO4. The van der Waals surface area contributed by atoms with Crippen molar-refractivity contribution < 1.29 is 19.1 Å². The lowest BCUT2D eigenvalue weighted by molar-refractivity contribution is -0.161. The molecular weight excluding hydrogens is 186 g/mol. The second kappa shape index (κ2) is 8.50. The first-order valence-electron chi connectivity index (χ1n) is 4.50. The molecule has 0 aromatic heterocycles. The standard InChI is InChI=1S/C9H16O4.H3N/c1-4-7(8(10)12-5-2)9(11)13-6-3;/h7H,4-6H2,1-3H3;1H3. The van der Waals surface area contributed by atoms with E-state index >= 15 is 0 Å². The number of esters is 2. The van der Waals surface area contributed by atoms with Gasteiger partial charge in [-0.2, -0.15) is 0 Å². The van der Waals surface area contributed by atoms with Crippen LogP contribution in [0.1, 0.15) is 27.2 Å². The first kappa shape index (κ1) is 15.4. The van der Waals surface area contributed by atoms with Crippen LogP contribution in [-0.4, -0.2) is 25.2 Å². The van der Waals surface area contributed by atoms with Crippen molar-refractivity contribution in [3.05, 3.63) is 0 Å². The van der Waals surface area contributed by atoms with Crippen molar-refractivity contribution in [3.63, 3.8) is 0 Å². The number of carbonyl (C=O) groups is 2. The third kappa shape index (κ3) is 4.81. The summed E-state index contributed by atoms with van der Waals surface area (Å²) in [6.07, 6.45) is 0.414. The zero-order valence-electron chi connectivity index (χ0n) is 9.04. The highest BCUT2D eigenvalue weighted by Crippen LogP contribution is 2.07. The molecule has 0 atom stereocenters. The van der Waals surface area contributed by atoms with Crippen LogP contribution in [0.4, 0.5) is 0 Å². The molecule has 0 bridgehead atoms. The van der Waals surface area contributed by atoms with E-state index in [9.17, 15) is 9.59 Å². The van der Waals surface area contributed by atoms with Gasteiger partial charge in [0.1, 0.15) is 0 Å². The molecule has 14 heavy (non-hydrogen) atoms. The molecule has 0 heterocycles. The first-order chi connectivity index (χ1) is 6.17. The molecule has 0 unspecified atom stereocenters. The quantitative estimate of drug-likeness (QED) is 0.540. The Labute approximate surface area is 84.3 Å². The molecule has 0 aromatic rings. The minimum Gasteiger partial charge on any atom is -0.465 e. The molecule has 0 aromatic carbocycles. The maximum atomic E-state index is 11.2. The fourth-order valence-electron chi connectivity index (χ4n) is 0.915. The molecule has 0 saturated carbocycles. The normalized spacial score (nSPS) is 9.14. The van der Waals surface area contributed by atoms with Crippen molar-refractivity contribution in [3.8, 4) is 0 Å². The minimum atomic E-state index is -0.764. The van der Waals surface area contributed by atoms with Gasteiger partial charge in [0.05, 0.1) is 13.2 Å². The molecule has 0 saturated heterocycles. The molecule has 0 rings (SSSR count). The van der Waals surface area contributed by atoms with Crippen LogP contribution in [0.2, 0.25) is 0 Å². The van der Waals surface area contributed by atoms with Gasteiger partial charge < -0.3 is 15.6 Å². The molecule has 0 aliphatic heterocycles. The van der Waals surface area contributed by atoms with E-state index in [-0.39, 0.29) is 19.4 Å². The summed E-state index contributed by atoms with van der Waals surface area (Å²) >= 11 is 0. The molecule has 0 fully saturated rings. The zero-order valence-corrected chi connectivity index (χ0v) is 9.04. The summed E-state index contributed by atoms with van der Waals surface area (Å²) in [5, 5.41) is 0. The summed E-state index contributed by atoms with van der Waals surface area (Å²) < 4.78 is 9.45. The van der Waals surface area contributed by atoms with E-state index in [0.29, 0.717) is 6.42 Å². The molecule has 0 radical (unpaired) electrons. The zero-order chi connectivity index (χ0) is 10.3. The van der Waals surface area contributed by atoms with Crippen molar-refractivity contribution in [1.82, 2.24) is 6.15 Å². The monoisotopic (exact) mass is 205 g/mol. The van der Waals surface area contributed by atoms with Crippen molar-refractivity contribution in [2.45, 2.75) is 27.2 Å². The third-order valence-electron chi connectivity index (χ3n) is 1.55. The smallest absolute Gasteiger partial charge is 0.320 e. The van der Waals surface area contributed by atoms with E-state index in [1.807, 2.05) is 0 Å². The lowest BCUT2D eigenvalue weighted by atomic mass is 10.1. The number of ether oxygens (including phenoxy) is 2. The molecule has 5 nitrogen and oxygen atoms in total. The second-order valence-electron chi connectivity index (χ2n) is 2.46. The van der Waals surface area contributed by atoms with Gasteiger partial charge in [0, 0.05) is 0 Å². The van der Waals surface area contributed by atoms with Crippen LogP contribution in [0.25, 0.3) is 0 Å². The fraction of sp³-hybridized carbons (Fsp3) is 0.778. The maximum absolute atomic E-state index is 11.2. The summed E-state index contributed by atoms with van der Waals surface area (Å²) in [6, 6.07) is 0. The Bertz CT molecular complexity index is 164. The van der Waals surface area contributed by atoms with E-state index in [2.05, 4.69) is 0 Å². The topological polar surface area (TPSA) is 87.6 Å². The van der Waals surface area contributed by atoms with Gasteiger partial charge in [0.15, 0.2) is 5.92 Å². The van der Waals surface area contributed by atoms with Crippen LogP contribution in [0.5, 0.6) is 0 Å². The molecule has 0 spiro atoms. The van der Waals surface area contributed by atoms with Crippen LogP contribution in [-0.2, 0) is 19.1 Å². The van der Waals surface area contributed by atoms with E-state index in [1.54, 1.807) is 20.8 Å². The van der Waals surface area contributed by atoms with Crippen molar-refractivity contribution in [2.24, 2.45) is 5.92 Å². The Balaban J connectivity index is 0. The van der Waals surface area contributed by atoms with Crippen LogP contribution in [0.3, 0.4) is 0 Å². The Morgan fingerprint density at radius 2 is 1.36 bits per heavy atom. The van der Waals surface area contributed by atoms with Crippen molar-refractivity contribution in [2.75, 3.05) is 13.2 Å². The average Bonchev–Trinajstić information content (AvgIpc) is 2.06. The van der Waals surface area contributed by atoms with E-state index in [4.69, 9.17) is 9.47 Å². The van der Waals surface area contributed by atoms with Crippen molar-refractivity contribution in [1.29, 1.82) is 0 Å². The highest BCUT2D eigenvalue weighted by molar-refractivity contribution is 5.94. The number of carbonyl (C=O) groups excluding carboxylic acids is 2. The summed E-state index contributed by atoms with van der Waals surface area (Å²) in [5.74, 6) is -1.76. The van der Waals surface area contributed by atoms with Crippen LogP contribution < -0.4 is 6.15 Å². The van der Waals surface area contributed by atoms with E-state index in [0.717, 1.165) is 0 Å². The molecule has 0 aliphatic carbocycles. The van der Waals surface area contributed by atoms with Gasteiger partial charge in [-0.1, -0.05) is 6.92 Å². The first-order valence-corrected chi connectivity index (χ1v) is 4.50. The lowest BCUT2D eigenvalue weighted by Crippen LogP contribution is -2.27. The Morgan fingerprint density at radius 1 is 1.00 bits per heavy atom. The number of hydrogen-bond donors (Lipinski definition) is 1. The highest BCUT2D eigenvalue weighted by atomic mass is 16.6. The van der Waals surface area contributed by atoms with Gasteiger partial charge in [-0.05, 0) is 20.3 Å². The van der Waals surface area contributed by atoms with Crippen LogP contribution in [0.15, 0.2) is 0 Å². The Hall–Kier alpha value is -1.10. The second-order valence-corrected chi connectivity index (χ2v) is 2.46. The van der Waals surface area contributed by atoms with E-state index < -0.39 is 17.9 Å². The minimum absolute atomic E-state index is 0.